The van der Waals surface area contributed by atoms with Gasteiger partial charge in [0.2, 0.25) is 5.91 Å². The van der Waals surface area contributed by atoms with Crippen molar-refractivity contribution in [1.82, 2.24) is 10.6 Å². The number of hydrogen-bond acceptors (Lipinski definition) is 4. The number of aliphatic carboxylic acids is 1. The maximum atomic E-state index is 13.0. The Kier molecular flexibility index (Phi) is 7.85. The Morgan fingerprint density at radius 1 is 1.06 bits per heavy atom. The molecule has 2 amide bonds. The highest BCUT2D eigenvalue weighted by molar-refractivity contribution is 5.86. The first-order chi connectivity index (χ1) is 17.0. The maximum absolute atomic E-state index is 13.0. The third-order valence-electron chi connectivity index (χ3n) is 7.04. The van der Waals surface area contributed by atoms with Crippen LogP contribution >= 0.6 is 0 Å². The number of carbonyl (C=O) groups excluding carboxylic acids is 2. The molecule has 2 aromatic carbocycles. The second-order valence-corrected chi connectivity index (χ2v) is 9.29. The van der Waals surface area contributed by atoms with Crippen molar-refractivity contribution in [2.24, 2.45) is 5.92 Å². The van der Waals surface area contributed by atoms with Crippen LogP contribution in [0.2, 0.25) is 0 Å². The Bertz CT molecular complexity index is 1050. The molecule has 184 valence electrons. The van der Waals surface area contributed by atoms with Crippen LogP contribution in [0.4, 0.5) is 4.79 Å². The quantitative estimate of drug-likeness (QED) is 0.434. The van der Waals surface area contributed by atoms with Gasteiger partial charge in [0, 0.05) is 12.0 Å². The number of benzene rings is 2. The largest absolute Gasteiger partial charge is 0.481 e. The minimum atomic E-state index is -0.865. The zero-order valence-corrected chi connectivity index (χ0v) is 19.7. The van der Waals surface area contributed by atoms with Crippen molar-refractivity contribution in [3.8, 4) is 11.1 Å². The molecule has 0 bridgehead atoms. The predicted molar refractivity (Wildman–Crippen MR) is 133 cm³/mol. The van der Waals surface area contributed by atoms with Crippen LogP contribution in [-0.2, 0) is 14.3 Å². The summed E-state index contributed by atoms with van der Waals surface area (Å²) in [5.41, 5.74) is 4.53. The number of carboxylic acids is 1. The third kappa shape index (κ3) is 5.73. The summed E-state index contributed by atoms with van der Waals surface area (Å²) >= 11 is 0. The average Bonchev–Trinajstić information content (AvgIpc) is 3.41. The number of amides is 2. The number of carboxylic acid groups (broad SMARTS) is 1. The second-order valence-electron chi connectivity index (χ2n) is 9.29. The molecule has 1 saturated carbocycles. The van der Waals surface area contributed by atoms with Crippen LogP contribution in [0.1, 0.15) is 55.6 Å². The van der Waals surface area contributed by atoms with E-state index in [0.29, 0.717) is 12.8 Å². The van der Waals surface area contributed by atoms with Gasteiger partial charge in [0.25, 0.3) is 0 Å². The molecule has 2 aliphatic rings. The molecule has 35 heavy (non-hydrogen) atoms. The smallest absolute Gasteiger partial charge is 0.407 e. The van der Waals surface area contributed by atoms with E-state index in [1.165, 1.54) is 0 Å². The number of rotatable bonds is 10. The summed E-state index contributed by atoms with van der Waals surface area (Å²) in [6, 6.07) is 15.2. The van der Waals surface area contributed by atoms with E-state index in [2.05, 4.69) is 41.5 Å². The van der Waals surface area contributed by atoms with Crippen molar-refractivity contribution in [1.29, 1.82) is 0 Å². The number of fused-ring (bicyclic) bond motifs is 3. The predicted octanol–water partition coefficient (Wildman–Crippen LogP) is 4.62. The Morgan fingerprint density at radius 2 is 1.71 bits per heavy atom. The van der Waals surface area contributed by atoms with E-state index in [9.17, 15) is 14.4 Å². The van der Waals surface area contributed by atoms with E-state index in [1.54, 1.807) is 6.08 Å². The van der Waals surface area contributed by atoms with Crippen LogP contribution in [0.25, 0.3) is 11.1 Å². The van der Waals surface area contributed by atoms with Gasteiger partial charge in [0.1, 0.15) is 12.6 Å². The average molecular weight is 477 g/mol. The maximum Gasteiger partial charge on any atom is 0.407 e. The molecule has 1 fully saturated rings. The van der Waals surface area contributed by atoms with Crippen molar-refractivity contribution in [2.45, 2.75) is 56.5 Å². The summed E-state index contributed by atoms with van der Waals surface area (Å²) in [7, 11) is 0. The zero-order chi connectivity index (χ0) is 24.8. The van der Waals surface area contributed by atoms with Crippen molar-refractivity contribution < 1.29 is 24.2 Å². The lowest BCUT2D eigenvalue weighted by atomic mass is 9.98. The van der Waals surface area contributed by atoms with Gasteiger partial charge in [-0.05, 0) is 53.9 Å². The summed E-state index contributed by atoms with van der Waals surface area (Å²) < 4.78 is 5.61. The summed E-state index contributed by atoms with van der Waals surface area (Å²) in [4.78, 5) is 36.9. The molecule has 2 aliphatic carbocycles. The van der Waals surface area contributed by atoms with E-state index in [1.807, 2.05) is 24.3 Å². The fraction of sp³-hybridized carbons (Fsp3) is 0.393. The number of nitrogens with one attached hydrogen (secondary N) is 2. The molecule has 1 unspecified atom stereocenters. The first kappa shape index (κ1) is 24.5. The lowest BCUT2D eigenvalue weighted by molar-refractivity contribution is -0.138. The first-order valence-electron chi connectivity index (χ1n) is 12.2. The molecule has 7 heteroatoms. The molecule has 4 rings (SSSR count). The summed E-state index contributed by atoms with van der Waals surface area (Å²) in [6.07, 6.45) is 4.40. The van der Waals surface area contributed by atoms with Crippen molar-refractivity contribution in [2.75, 3.05) is 6.61 Å². The monoisotopic (exact) mass is 476 g/mol. The molecule has 0 aromatic heterocycles. The molecule has 0 heterocycles. The number of ether oxygens (including phenoxy) is 1. The SMILES string of the molecule is C=CCCC(NC(=O)OCC1c2ccccc2-c2ccccc21)C(=O)N[C@@H]1CCC[C@H]1CC(=O)O. The highest BCUT2D eigenvalue weighted by Crippen LogP contribution is 2.44. The van der Waals surface area contributed by atoms with Crippen molar-refractivity contribution in [3.63, 3.8) is 0 Å². The van der Waals surface area contributed by atoms with Gasteiger partial charge < -0.3 is 20.5 Å². The first-order valence-corrected chi connectivity index (χ1v) is 12.2. The number of allylic oxidation sites excluding steroid dienone is 1. The fourth-order valence-corrected chi connectivity index (χ4v) is 5.31. The normalized spacial score (nSPS) is 19.3. The topological polar surface area (TPSA) is 105 Å². The Morgan fingerprint density at radius 3 is 2.34 bits per heavy atom. The Labute approximate surface area is 205 Å². The van der Waals surface area contributed by atoms with E-state index >= 15 is 0 Å². The molecule has 7 nitrogen and oxygen atoms in total. The number of alkyl carbamates (subject to hydrolysis) is 1. The van der Waals surface area contributed by atoms with Crippen LogP contribution in [0, 0.1) is 5.92 Å². The molecule has 2 aromatic rings. The molecule has 3 atom stereocenters. The van der Waals surface area contributed by atoms with Gasteiger partial charge in [-0.3, -0.25) is 9.59 Å². The fourth-order valence-electron chi connectivity index (χ4n) is 5.31. The van der Waals surface area contributed by atoms with E-state index in [-0.39, 0.29) is 36.8 Å². The van der Waals surface area contributed by atoms with Gasteiger partial charge in [-0.25, -0.2) is 4.79 Å². The van der Waals surface area contributed by atoms with Crippen molar-refractivity contribution >= 4 is 18.0 Å². The van der Waals surface area contributed by atoms with E-state index < -0.39 is 18.1 Å². The molecule has 0 spiro atoms. The zero-order valence-electron chi connectivity index (χ0n) is 19.7. The van der Waals surface area contributed by atoms with Gasteiger partial charge in [-0.1, -0.05) is 61.0 Å². The lowest BCUT2D eigenvalue weighted by Gasteiger charge is -2.24. The summed E-state index contributed by atoms with van der Waals surface area (Å²) in [5.74, 6) is -1.34. The van der Waals surface area contributed by atoms with Crippen LogP contribution in [0.15, 0.2) is 61.2 Å². The van der Waals surface area contributed by atoms with E-state index in [0.717, 1.165) is 41.5 Å². The summed E-state index contributed by atoms with van der Waals surface area (Å²) in [5, 5.41) is 14.8. The minimum absolute atomic E-state index is 0.0298. The number of hydrogen-bond donors (Lipinski definition) is 3. The Hall–Kier alpha value is -3.61. The van der Waals surface area contributed by atoms with Crippen LogP contribution in [0.5, 0.6) is 0 Å². The van der Waals surface area contributed by atoms with E-state index in [4.69, 9.17) is 9.84 Å². The van der Waals surface area contributed by atoms with Gasteiger partial charge in [0.05, 0.1) is 6.42 Å². The summed E-state index contributed by atoms with van der Waals surface area (Å²) in [6.45, 7) is 3.88. The highest BCUT2D eigenvalue weighted by atomic mass is 16.5. The van der Waals surface area contributed by atoms with Gasteiger partial charge in [0.15, 0.2) is 0 Å². The lowest BCUT2D eigenvalue weighted by Crippen LogP contribution is -2.50. The van der Waals surface area contributed by atoms with Gasteiger partial charge in [-0.2, -0.15) is 0 Å². The third-order valence-corrected chi connectivity index (χ3v) is 7.04. The minimum Gasteiger partial charge on any atom is -0.481 e. The molecule has 0 aliphatic heterocycles. The molecular weight excluding hydrogens is 444 g/mol. The van der Waals surface area contributed by atoms with Crippen LogP contribution in [0.3, 0.4) is 0 Å². The standard InChI is InChI=1S/C28H32N2O5/c1-2-3-14-25(27(33)29-24-15-8-9-18(24)16-26(31)32)30-28(34)35-17-23-21-12-6-4-10-19(21)20-11-5-7-13-22(20)23/h2,4-7,10-13,18,23-25H,1,3,8-9,14-17H2,(H,29,33)(H,30,34)(H,31,32)/t18-,24+,25?/m0/s1. The Balaban J connectivity index is 1.38. The molecule has 0 radical (unpaired) electrons. The van der Waals surface area contributed by atoms with Crippen molar-refractivity contribution in [3.05, 3.63) is 72.3 Å². The van der Waals surface area contributed by atoms with Gasteiger partial charge >= 0.3 is 12.1 Å². The van der Waals surface area contributed by atoms with Crippen LogP contribution < -0.4 is 10.6 Å². The molecular formula is C28H32N2O5. The second kappa shape index (κ2) is 11.2. The highest BCUT2D eigenvalue weighted by Gasteiger charge is 2.33. The number of carbonyl (C=O) groups is 3. The van der Waals surface area contributed by atoms with Gasteiger partial charge in [-0.15, -0.1) is 6.58 Å². The molecule has 0 saturated heterocycles. The van der Waals surface area contributed by atoms with Crippen LogP contribution in [-0.4, -0.2) is 41.8 Å². The molecule has 3 N–H and O–H groups in total.